The highest BCUT2D eigenvalue weighted by atomic mass is 16.6. The van der Waals surface area contributed by atoms with Crippen molar-refractivity contribution in [3.63, 3.8) is 0 Å². The van der Waals surface area contributed by atoms with E-state index in [0.29, 0.717) is 24.5 Å². The van der Waals surface area contributed by atoms with Crippen LogP contribution in [0.25, 0.3) is 0 Å². The average Bonchev–Trinajstić information content (AvgIpc) is 3.16. The number of nitrogens with zero attached hydrogens (tertiary/aromatic N) is 5. The minimum atomic E-state index is -0.533. The number of aryl methyl sites for hydroxylation is 1. The van der Waals surface area contributed by atoms with Crippen molar-refractivity contribution in [3.8, 4) is 0 Å². The van der Waals surface area contributed by atoms with E-state index in [4.69, 9.17) is 0 Å². The standard InChI is InChI=1S/C26H25N5O4/c1-18-6-8-19(9-7-18)28-12-14-29(15-13-28)25(32)16-23-21-4-2-3-5-22(21)26(33)30(23)24-11-10-20(17-27-24)31(34)35/h2-11,17,23H,12-16H2,1H3. The number of hydrogen-bond donors (Lipinski definition) is 0. The molecule has 9 nitrogen and oxygen atoms in total. The molecule has 2 aliphatic rings. The van der Waals surface area contributed by atoms with Crippen molar-refractivity contribution < 1.29 is 14.5 Å². The molecular weight excluding hydrogens is 446 g/mol. The van der Waals surface area contributed by atoms with Crippen LogP contribution in [0.1, 0.15) is 33.9 Å². The second kappa shape index (κ2) is 9.17. The van der Waals surface area contributed by atoms with E-state index >= 15 is 0 Å². The summed E-state index contributed by atoms with van der Waals surface area (Å²) in [7, 11) is 0. The zero-order valence-corrected chi connectivity index (χ0v) is 19.3. The number of hydrogen-bond acceptors (Lipinski definition) is 6. The predicted molar refractivity (Wildman–Crippen MR) is 131 cm³/mol. The van der Waals surface area contributed by atoms with Crippen LogP contribution in [-0.4, -0.2) is 52.8 Å². The molecule has 5 rings (SSSR count). The van der Waals surface area contributed by atoms with Crippen molar-refractivity contribution >= 4 is 29.0 Å². The summed E-state index contributed by atoms with van der Waals surface area (Å²) in [5.41, 5.74) is 3.49. The number of carbonyl (C=O) groups is 2. The van der Waals surface area contributed by atoms with Gasteiger partial charge < -0.3 is 9.80 Å². The molecule has 35 heavy (non-hydrogen) atoms. The first-order valence-electron chi connectivity index (χ1n) is 11.5. The molecule has 0 saturated carbocycles. The number of nitro groups is 1. The van der Waals surface area contributed by atoms with Crippen LogP contribution in [0.2, 0.25) is 0 Å². The third-order valence-corrected chi connectivity index (χ3v) is 6.67. The Morgan fingerprint density at radius 2 is 1.74 bits per heavy atom. The van der Waals surface area contributed by atoms with Crippen LogP contribution in [0.4, 0.5) is 17.2 Å². The van der Waals surface area contributed by atoms with E-state index in [9.17, 15) is 19.7 Å². The molecule has 3 heterocycles. The molecule has 0 N–H and O–H groups in total. The number of piperazine rings is 1. The molecule has 2 aromatic carbocycles. The number of aromatic nitrogens is 1. The predicted octanol–water partition coefficient (Wildman–Crippen LogP) is 3.74. The highest BCUT2D eigenvalue weighted by molar-refractivity contribution is 6.11. The summed E-state index contributed by atoms with van der Waals surface area (Å²) in [4.78, 5) is 46.8. The van der Waals surface area contributed by atoms with Gasteiger partial charge in [-0.1, -0.05) is 35.9 Å². The third-order valence-electron chi connectivity index (χ3n) is 6.67. The zero-order valence-electron chi connectivity index (χ0n) is 19.3. The highest BCUT2D eigenvalue weighted by Crippen LogP contribution is 2.39. The van der Waals surface area contributed by atoms with E-state index in [0.717, 1.165) is 30.5 Å². The number of fused-ring (bicyclic) bond motifs is 1. The largest absolute Gasteiger partial charge is 0.368 e. The summed E-state index contributed by atoms with van der Waals surface area (Å²) < 4.78 is 0. The van der Waals surface area contributed by atoms with Crippen LogP contribution in [0.15, 0.2) is 66.9 Å². The van der Waals surface area contributed by atoms with Crippen molar-refractivity contribution in [2.45, 2.75) is 19.4 Å². The van der Waals surface area contributed by atoms with Crippen molar-refractivity contribution in [3.05, 3.63) is 93.7 Å². The lowest BCUT2D eigenvalue weighted by atomic mass is 10.0. The summed E-state index contributed by atoms with van der Waals surface area (Å²) in [6.45, 7) is 4.74. The van der Waals surface area contributed by atoms with Crippen LogP contribution in [0.5, 0.6) is 0 Å². The fraction of sp³-hybridized carbons (Fsp3) is 0.269. The zero-order chi connectivity index (χ0) is 24.5. The minimum absolute atomic E-state index is 0.0324. The first kappa shape index (κ1) is 22.5. The van der Waals surface area contributed by atoms with Crippen LogP contribution < -0.4 is 9.80 Å². The first-order chi connectivity index (χ1) is 16.9. The van der Waals surface area contributed by atoms with Crippen LogP contribution in [-0.2, 0) is 4.79 Å². The van der Waals surface area contributed by atoms with Crippen molar-refractivity contribution in [2.24, 2.45) is 0 Å². The number of carbonyl (C=O) groups excluding carboxylic acids is 2. The number of anilines is 2. The quantitative estimate of drug-likeness (QED) is 0.415. The lowest BCUT2D eigenvalue weighted by molar-refractivity contribution is -0.385. The Balaban J connectivity index is 1.33. The second-order valence-corrected chi connectivity index (χ2v) is 8.82. The maximum Gasteiger partial charge on any atom is 0.287 e. The molecule has 0 spiro atoms. The van der Waals surface area contributed by atoms with Crippen molar-refractivity contribution in [1.82, 2.24) is 9.88 Å². The van der Waals surface area contributed by atoms with Gasteiger partial charge >= 0.3 is 0 Å². The van der Waals surface area contributed by atoms with E-state index in [1.165, 1.54) is 22.6 Å². The number of rotatable bonds is 5. The third kappa shape index (κ3) is 4.32. The SMILES string of the molecule is Cc1ccc(N2CCN(C(=O)CC3c4ccccc4C(=O)N3c3ccc([N+](=O)[O-])cn3)CC2)cc1. The Kier molecular flexibility index (Phi) is 5.90. The van der Waals surface area contributed by atoms with Crippen LogP contribution >= 0.6 is 0 Å². The van der Waals surface area contributed by atoms with Gasteiger partial charge in [0.15, 0.2) is 0 Å². The van der Waals surface area contributed by atoms with Gasteiger partial charge in [-0.25, -0.2) is 4.98 Å². The Morgan fingerprint density at radius 3 is 2.40 bits per heavy atom. The van der Waals surface area contributed by atoms with Crippen molar-refractivity contribution in [2.75, 3.05) is 36.0 Å². The lowest BCUT2D eigenvalue weighted by Crippen LogP contribution is -2.49. The molecule has 1 saturated heterocycles. The van der Waals surface area contributed by atoms with Gasteiger partial charge in [0.05, 0.1) is 17.4 Å². The van der Waals surface area contributed by atoms with E-state index in [2.05, 4.69) is 41.1 Å². The second-order valence-electron chi connectivity index (χ2n) is 8.82. The maximum atomic E-state index is 13.3. The minimum Gasteiger partial charge on any atom is -0.368 e. The summed E-state index contributed by atoms with van der Waals surface area (Å²) in [6, 6.07) is 17.9. The molecule has 1 atom stereocenters. The van der Waals surface area contributed by atoms with Crippen LogP contribution in [0, 0.1) is 17.0 Å². The molecule has 1 fully saturated rings. The Hall–Kier alpha value is -4.27. The van der Waals surface area contributed by atoms with Gasteiger partial charge in [-0.3, -0.25) is 24.6 Å². The average molecular weight is 472 g/mol. The van der Waals surface area contributed by atoms with Crippen molar-refractivity contribution in [1.29, 1.82) is 0 Å². The summed E-state index contributed by atoms with van der Waals surface area (Å²) >= 11 is 0. The Labute approximate surface area is 202 Å². The Morgan fingerprint density at radius 1 is 1.03 bits per heavy atom. The molecule has 1 aromatic heterocycles. The van der Waals surface area contributed by atoms with E-state index in [-0.39, 0.29) is 23.9 Å². The van der Waals surface area contributed by atoms with Gasteiger partial charge in [-0.15, -0.1) is 0 Å². The lowest BCUT2D eigenvalue weighted by Gasteiger charge is -2.37. The number of benzene rings is 2. The van der Waals surface area contributed by atoms with Gasteiger partial charge in [0, 0.05) is 43.5 Å². The summed E-state index contributed by atoms with van der Waals surface area (Å²) in [5, 5.41) is 11.0. The monoisotopic (exact) mass is 471 g/mol. The molecule has 2 amide bonds. The molecule has 0 aliphatic carbocycles. The van der Waals surface area contributed by atoms with E-state index in [1.54, 1.807) is 12.1 Å². The number of pyridine rings is 1. The normalized spacial score (nSPS) is 17.5. The maximum absolute atomic E-state index is 13.3. The molecule has 178 valence electrons. The molecule has 0 bridgehead atoms. The number of amides is 2. The van der Waals surface area contributed by atoms with Gasteiger partial charge in [0.2, 0.25) is 5.91 Å². The fourth-order valence-electron chi connectivity index (χ4n) is 4.75. The van der Waals surface area contributed by atoms with E-state index < -0.39 is 11.0 Å². The van der Waals surface area contributed by atoms with Gasteiger partial charge in [-0.05, 0) is 36.8 Å². The molecule has 1 unspecified atom stereocenters. The smallest absolute Gasteiger partial charge is 0.287 e. The van der Waals surface area contributed by atoms with Crippen LogP contribution in [0.3, 0.4) is 0 Å². The van der Waals surface area contributed by atoms with Gasteiger partial charge in [0.1, 0.15) is 12.0 Å². The molecule has 2 aliphatic heterocycles. The molecule has 0 radical (unpaired) electrons. The topological polar surface area (TPSA) is 99.9 Å². The van der Waals surface area contributed by atoms with Gasteiger partial charge in [-0.2, -0.15) is 0 Å². The molecular formula is C26H25N5O4. The Bertz CT molecular complexity index is 1270. The summed E-state index contributed by atoms with van der Waals surface area (Å²) in [5.74, 6) is -0.00213. The van der Waals surface area contributed by atoms with E-state index in [1.807, 2.05) is 17.0 Å². The fourth-order valence-corrected chi connectivity index (χ4v) is 4.75. The molecule has 9 heteroatoms. The highest BCUT2D eigenvalue weighted by Gasteiger charge is 2.40. The molecule has 3 aromatic rings. The first-order valence-corrected chi connectivity index (χ1v) is 11.5. The van der Waals surface area contributed by atoms with Gasteiger partial charge in [0.25, 0.3) is 11.6 Å². The summed E-state index contributed by atoms with van der Waals surface area (Å²) in [6.07, 6.45) is 1.25.